The van der Waals surface area contributed by atoms with Gasteiger partial charge in [-0.15, -0.1) is 0 Å². The average molecular weight is 1130 g/mol. The maximum absolute atomic E-state index is 15.4. The highest BCUT2D eigenvalue weighted by Crippen LogP contribution is 2.64. The van der Waals surface area contributed by atoms with Crippen molar-refractivity contribution in [1.82, 2.24) is 10.6 Å². The van der Waals surface area contributed by atoms with E-state index in [4.69, 9.17) is 9.47 Å². The Kier molecular flexibility index (Phi) is 12.5. The molecule has 8 heteroatoms. The molecule has 8 nitrogen and oxygen atoms in total. The normalized spacial score (nSPS) is 38.3. The Hall–Kier alpha value is -4.98. The number of aromatic hydroxyl groups is 2. The van der Waals surface area contributed by atoms with Crippen molar-refractivity contribution in [2.75, 3.05) is 13.2 Å². The molecule has 17 aliphatic carbocycles. The van der Waals surface area contributed by atoms with Crippen molar-refractivity contribution in [3.8, 4) is 23.0 Å². The molecule has 2 amide bonds. The number of nitrogens with one attached hydrogen (secondary N) is 2. The molecule has 0 unspecified atom stereocenters. The SMILES string of the molecule is CCCOc1c2cc(C34CC5CC(CC(C5)C3)C4)cc1Cc1cc(C(=O)NC34CC5CC(CC(C5)C3)C4)cc(c1O)Cc1cc(C34CC5CC(CC(C5)C3)C4)cc(c1OCCC)Cc1cc(C(=O)NC34CC5CC(CC(C5)C3)C4)cc(c1O)C2. The van der Waals surface area contributed by atoms with E-state index < -0.39 is 0 Å². The average Bonchev–Trinajstić information content (AvgIpc) is 2.75. The molecule has 0 aromatic heterocycles. The van der Waals surface area contributed by atoms with Crippen LogP contribution in [-0.2, 0) is 36.5 Å². The number of ether oxygens (including phenoxy) is 2. The molecule has 16 fully saturated rings. The highest BCUT2D eigenvalue weighted by molar-refractivity contribution is 5.96. The number of carbonyl (C=O) groups is 2. The lowest BCUT2D eigenvalue weighted by Crippen LogP contribution is -2.59. The maximum Gasteiger partial charge on any atom is 0.251 e. The van der Waals surface area contributed by atoms with Gasteiger partial charge in [-0.1, -0.05) is 38.1 Å². The van der Waals surface area contributed by atoms with Gasteiger partial charge in [-0.25, -0.2) is 0 Å². The minimum Gasteiger partial charge on any atom is -0.507 e. The van der Waals surface area contributed by atoms with Gasteiger partial charge in [0.2, 0.25) is 0 Å². The zero-order valence-corrected chi connectivity index (χ0v) is 50.7. The number of rotatable bonds is 12. The summed E-state index contributed by atoms with van der Waals surface area (Å²) < 4.78 is 14.2. The highest BCUT2D eigenvalue weighted by Gasteiger charge is 2.56. The fraction of sp³-hybridized carbons (Fsp3) is 0.658. The van der Waals surface area contributed by atoms with Crippen LogP contribution in [0, 0.1) is 71.0 Å². The summed E-state index contributed by atoms with van der Waals surface area (Å²) in [6.45, 7) is 5.37. The van der Waals surface area contributed by atoms with E-state index in [2.05, 4.69) is 48.7 Å². The second-order valence-corrected chi connectivity index (χ2v) is 32.6. The molecule has 24 bridgehead atoms. The Labute approximate surface area is 500 Å². The number of amides is 2. The van der Waals surface area contributed by atoms with Crippen LogP contribution in [0.3, 0.4) is 0 Å². The van der Waals surface area contributed by atoms with Gasteiger partial charge in [-0.05, 0) is 329 Å². The van der Waals surface area contributed by atoms with E-state index in [1.54, 1.807) is 0 Å². The summed E-state index contributed by atoms with van der Waals surface area (Å²) in [5.41, 5.74) is 10.9. The van der Waals surface area contributed by atoms with Gasteiger partial charge in [0.15, 0.2) is 0 Å². The first kappa shape index (κ1) is 53.3. The number of fused-ring (bicyclic) bond motifs is 8. The smallest absolute Gasteiger partial charge is 0.251 e. The zero-order chi connectivity index (χ0) is 56.4. The zero-order valence-electron chi connectivity index (χ0n) is 50.7. The summed E-state index contributed by atoms with van der Waals surface area (Å²) in [6.07, 6.45) is 32.8. The first-order valence-electron chi connectivity index (χ1n) is 34.6. The van der Waals surface area contributed by atoms with E-state index in [1.165, 1.54) is 127 Å². The van der Waals surface area contributed by atoms with Crippen LogP contribution >= 0.6 is 0 Å². The second-order valence-electron chi connectivity index (χ2n) is 32.6. The Morgan fingerprint density at radius 2 is 0.619 bits per heavy atom. The van der Waals surface area contributed by atoms with Gasteiger partial charge < -0.3 is 30.3 Å². The first-order chi connectivity index (χ1) is 40.7. The van der Waals surface area contributed by atoms with Gasteiger partial charge in [0.1, 0.15) is 23.0 Å². The van der Waals surface area contributed by atoms with Crippen LogP contribution in [0.2, 0.25) is 0 Å². The van der Waals surface area contributed by atoms with E-state index in [1.807, 2.05) is 24.3 Å². The summed E-state index contributed by atoms with van der Waals surface area (Å²) in [5.74, 6) is 10.7. The number of hydrogen-bond acceptors (Lipinski definition) is 6. The van der Waals surface area contributed by atoms with Crippen molar-refractivity contribution in [2.45, 2.75) is 228 Å². The van der Waals surface area contributed by atoms with Crippen LogP contribution in [-0.4, -0.2) is 46.3 Å². The fourth-order valence-corrected chi connectivity index (χ4v) is 24.6. The van der Waals surface area contributed by atoms with E-state index in [0.717, 1.165) is 143 Å². The summed E-state index contributed by atoms with van der Waals surface area (Å²) in [6, 6.07) is 18.0. The van der Waals surface area contributed by atoms with Gasteiger partial charge in [0.25, 0.3) is 11.8 Å². The van der Waals surface area contributed by atoms with Crippen LogP contribution in [0.25, 0.3) is 0 Å². The van der Waals surface area contributed by atoms with Crippen LogP contribution in [0.4, 0.5) is 0 Å². The third kappa shape index (κ3) is 9.11. The Morgan fingerprint density at radius 1 is 0.381 bits per heavy atom. The summed E-state index contributed by atoms with van der Waals surface area (Å²) in [4.78, 5) is 30.9. The molecule has 0 atom stereocenters. The van der Waals surface area contributed by atoms with Crippen molar-refractivity contribution in [1.29, 1.82) is 0 Å². The van der Waals surface area contributed by atoms with Gasteiger partial charge in [0.05, 0.1) is 13.2 Å². The van der Waals surface area contributed by atoms with Crippen molar-refractivity contribution in [2.24, 2.45) is 71.0 Å². The van der Waals surface area contributed by atoms with Crippen molar-refractivity contribution >= 4 is 11.8 Å². The number of carbonyl (C=O) groups excluding carboxylic acids is 2. The number of hydrogen-bond donors (Lipinski definition) is 4. The second kappa shape index (κ2) is 19.8. The molecule has 4 aromatic rings. The Morgan fingerprint density at radius 3 is 0.857 bits per heavy atom. The largest absolute Gasteiger partial charge is 0.507 e. The molecular formula is C76H94N2O6. The van der Waals surface area contributed by atoms with E-state index in [0.29, 0.717) is 85.5 Å². The van der Waals surface area contributed by atoms with Crippen LogP contribution in [0.5, 0.6) is 23.0 Å². The van der Waals surface area contributed by atoms with Crippen molar-refractivity contribution in [3.63, 3.8) is 0 Å². The molecule has 0 spiro atoms. The van der Waals surface area contributed by atoms with Crippen LogP contribution < -0.4 is 20.1 Å². The number of phenols is 2. The fourth-order valence-electron chi connectivity index (χ4n) is 24.6. The van der Waals surface area contributed by atoms with Crippen molar-refractivity contribution < 1.29 is 29.3 Å². The molecule has 0 saturated heterocycles. The molecule has 16 saturated carbocycles. The highest BCUT2D eigenvalue weighted by atomic mass is 16.5. The molecule has 0 heterocycles. The van der Waals surface area contributed by atoms with Crippen molar-refractivity contribution in [3.05, 3.63) is 115 Å². The third-order valence-electron chi connectivity index (χ3n) is 26.1. The minimum absolute atomic E-state index is 0.0122. The molecule has 17 aliphatic rings. The molecule has 4 N–H and O–H groups in total. The summed E-state index contributed by atoms with van der Waals surface area (Å²) in [7, 11) is 0. The lowest BCUT2D eigenvalue weighted by Gasteiger charge is -2.57. The molecule has 0 aliphatic heterocycles. The third-order valence-corrected chi connectivity index (χ3v) is 26.1. The van der Waals surface area contributed by atoms with Gasteiger partial charge in [-0.2, -0.15) is 0 Å². The van der Waals surface area contributed by atoms with Crippen LogP contribution in [0.1, 0.15) is 257 Å². The van der Waals surface area contributed by atoms with Crippen LogP contribution in [0.15, 0.2) is 48.5 Å². The predicted octanol–water partition coefficient (Wildman–Crippen LogP) is 15.7. The Balaban J connectivity index is 0.860. The standard InChI is InChI=1S/C76H94N2O6/c1-3-5-83-69-59-19-55-23-63(71(81)77-75-37-49-13-50(38-75)15-51(14-49)39-75)25-57(67(55)79)21-61-29-66(74-34-46-10-47(35-74)12-48(11-46)36-74)30-62(70(61)84-6-4-2)22-58-26-64(72(82)78-76-40-52-16-53(41-76)18-54(17-52)42-76)24-56(68(58)80)20-60(69)28-65(27-59)73-31-43-7-44(32-73)9-45(8-43)33-73/h23-30,43-54,79-80H,3-22,31-42H2,1-2H3,(H,77,81)(H,78,82). The van der Waals surface area contributed by atoms with Gasteiger partial charge in [0, 0.05) is 47.9 Å². The molecule has 21 rings (SSSR count). The van der Waals surface area contributed by atoms with E-state index >= 15 is 9.59 Å². The minimum atomic E-state index is -0.168. The monoisotopic (exact) mass is 1130 g/mol. The molecule has 444 valence electrons. The quantitative estimate of drug-likeness (QED) is 0.0989. The molecule has 0 radical (unpaired) electrons. The molecular weight excluding hydrogens is 1040 g/mol. The molecule has 4 aromatic carbocycles. The summed E-state index contributed by atoms with van der Waals surface area (Å²) >= 11 is 0. The lowest BCUT2D eigenvalue weighted by atomic mass is 9.48. The predicted molar refractivity (Wildman–Crippen MR) is 328 cm³/mol. The maximum atomic E-state index is 15.4. The molecule has 84 heavy (non-hydrogen) atoms. The lowest BCUT2D eigenvalue weighted by molar-refractivity contribution is -0.0171. The number of benzene rings is 4. The topological polar surface area (TPSA) is 117 Å². The van der Waals surface area contributed by atoms with Gasteiger partial charge >= 0.3 is 0 Å². The van der Waals surface area contributed by atoms with Gasteiger partial charge in [-0.3, -0.25) is 9.59 Å². The number of phenolic OH excluding ortho intramolecular Hbond substituents is 2. The first-order valence-corrected chi connectivity index (χ1v) is 34.6. The van der Waals surface area contributed by atoms with E-state index in [9.17, 15) is 10.2 Å². The summed E-state index contributed by atoms with van der Waals surface area (Å²) in [5, 5.41) is 34.1. The Bertz CT molecular complexity index is 2890. The van der Waals surface area contributed by atoms with E-state index in [-0.39, 0.29) is 45.2 Å².